The third-order valence-corrected chi connectivity index (χ3v) is 5.98. The van der Waals surface area contributed by atoms with Gasteiger partial charge in [-0.25, -0.2) is 5.10 Å². The highest BCUT2D eigenvalue weighted by Gasteiger charge is 2.24. The predicted molar refractivity (Wildman–Crippen MR) is 125 cm³/mol. The second-order valence-electron chi connectivity index (χ2n) is 8.36. The van der Waals surface area contributed by atoms with Gasteiger partial charge in [0.25, 0.3) is 5.56 Å². The fourth-order valence-corrected chi connectivity index (χ4v) is 4.35. The SMILES string of the molecule is O=C(CCCC(=O)c1ccccc1)NC1CCCC(Nc2n[nH]c(=O)c3ccccc23)C1. The van der Waals surface area contributed by atoms with Crippen LogP contribution in [0.4, 0.5) is 5.82 Å². The zero-order valence-corrected chi connectivity index (χ0v) is 18.0. The molecule has 1 aliphatic carbocycles. The number of aromatic amines is 1. The summed E-state index contributed by atoms with van der Waals surface area (Å²) in [6.07, 6.45) is 4.97. The van der Waals surface area contributed by atoms with Gasteiger partial charge in [-0.3, -0.25) is 14.4 Å². The molecule has 2 atom stereocenters. The van der Waals surface area contributed by atoms with E-state index >= 15 is 0 Å². The third kappa shape index (κ3) is 5.41. The Bertz CT molecular complexity index is 1140. The maximum atomic E-state index is 12.4. The maximum absolute atomic E-state index is 12.4. The molecule has 0 radical (unpaired) electrons. The molecule has 0 bridgehead atoms. The minimum atomic E-state index is -0.203. The van der Waals surface area contributed by atoms with E-state index in [9.17, 15) is 14.4 Å². The van der Waals surface area contributed by atoms with Crippen LogP contribution >= 0.6 is 0 Å². The lowest BCUT2D eigenvalue weighted by atomic mass is 9.90. The fourth-order valence-electron chi connectivity index (χ4n) is 4.35. The molecule has 7 heteroatoms. The summed E-state index contributed by atoms with van der Waals surface area (Å²) in [5, 5.41) is 14.7. The van der Waals surface area contributed by atoms with Crippen LogP contribution < -0.4 is 16.2 Å². The minimum Gasteiger partial charge on any atom is -0.365 e. The molecule has 1 aromatic heterocycles. The summed E-state index contributed by atoms with van der Waals surface area (Å²) in [6, 6.07) is 16.8. The van der Waals surface area contributed by atoms with E-state index in [1.807, 2.05) is 36.4 Å². The van der Waals surface area contributed by atoms with Crippen LogP contribution in [0.1, 0.15) is 55.3 Å². The van der Waals surface area contributed by atoms with Crippen molar-refractivity contribution < 1.29 is 9.59 Å². The van der Waals surface area contributed by atoms with Crippen molar-refractivity contribution in [1.29, 1.82) is 0 Å². The van der Waals surface area contributed by atoms with Gasteiger partial charge in [0, 0.05) is 35.9 Å². The summed E-state index contributed by atoms with van der Waals surface area (Å²) in [6.45, 7) is 0. The molecule has 0 saturated heterocycles. The lowest BCUT2D eigenvalue weighted by Gasteiger charge is -2.30. The molecular formula is C25H28N4O3. The van der Waals surface area contributed by atoms with E-state index in [2.05, 4.69) is 20.8 Å². The van der Waals surface area contributed by atoms with Crippen LogP contribution in [0, 0.1) is 0 Å². The van der Waals surface area contributed by atoms with Crippen molar-refractivity contribution in [2.75, 3.05) is 5.32 Å². The molecule has 2 unspecified atom stereocenters. The van der Waals surface area contributed by atoms with Crippen molar-refractivity contribution in [1.82, 2.24) is 15.5 Å². The maximum Gasteiger partial charge on any atom is 0.272 e. The van der Waals surface area contributed by atoms with Gasteiger partial charge in [-0.1, -0.05) is 48.5 Å². The van der Waals surface area contributed by atoms with Gasteiger partial charge in [-0.15, -0.1) is 0 Å². The van der Waals surface area contributed by atoms with Gasteiger partial charge in [0.15, 0.2) is 11.6 Å². The summed E-state index contributed by atoms with van der Waals surface area (Å²) in [7, 11) is 0. The number of aromatic nitrogens is 2. The number of H-pyrrole nitrogens is 1. The molecule has 1 fully saturated rings. The van der Waals surface area contributed by atoms with Gasteiger partial charge in [0.05, 0.1) is 5.39 Å². The van der Waals surface area contributed by atoms with E-state index < -0.39 is 0 Å². The number of carbonyl (C=O) groups excluding carboxylic acids is 2. The van der Waals surface area contributed by atoms with Gasteiger partial charge in [0.1, 0.15) is 0 Å². The van der Waals surface area contributed by atoms with E-state index in [1.54, 1.807) is 18.2 Å². The molecule has 1 saturated carbocycles. The molecular weight excluding hydrogens is 404 g/mol. The van der Waals surface area contributed by atoms with Crippen LogP contribution in [0.5, 0.6) is 0 Å². The normalized spacial score (nSPS) is 18.2. The second kappa shape index (κ2) is 10.2. The molecule has 0 spiro atoms. The van der Waals surface area contributed by atoms with E-state index in [4.69, 9.17) is 0 Å². The van der Waals surface area contributed by atoms with Gasteiger partial charge in [-0.2, -0.15) is 5.10 Å². The summed E-state index contributed by atoms with van der Waals surface area (Å²) in [5.74, 6) is 0.724. The number of hydrogen-bond donors (Lipinski definition) is 3. The molecule has 3 N–H and O–H groups in total. The largest absolute Gasteiger partial charge is 0.365 e. The lowest BCUT2D eigenvalue weighted by molar-refractivity contribution is -0.122. The van der Waals surface area contributed by atoms with Crippen LogP contribution in [0.2, 0.25) is 0 Å². The molecule has 3 aromatic rings. The number of fused-ring (bicyclic) bond motifs is 1. The highest BCUT2D eigenvalue weighted by Crippen LogP contribution is 2.24. The van der Waals surface area contributed by atoms with Gasteiger partial charge in [0.2, 0.25) is 5.91 Å². The van der Waals surface area contributed by atoms with Gasteiger partial charge < -0.3 is 10.6 Å². The fraction of sp³-hybridized carbons (Fsp3) is 0.360. The molecule has 2 aromatic carbocycles. The molecule has 4 rings (SSSR count). The zero-order chi connectivity index (χ0) is 22.3. The highest BCUT2D eigenvalue weighted by atomic mass is 16.2. The lowest BCUT2D eigenvalue weighted by Crippen LogP contribution is -2.42. The van der Waals surface area contributed by atoms with Crippen molar-refractivity contribution in [3.8, 4) is 0 Å². The van der Waals surface area contributed by atoms with Crippen LogP contribution in [-0.2, 0) is 4.79 Å². The molecule has 0 aliphatic heterocycles. The first-order chi connectivity index (χ1) is 15.6. The average molecular weight is 433 g/mol. The summed E-state index contributed by atoms with van der Waals surface area (Å²) >= 11 is 0. The quantitative estimate of drug-likeness (QED) is 0.470. The van der Waals surface area contributed by atoms with E-state index in [0.29, 0.717) is 36.0 Å². The van der Waals surface area contributed by atoms with Crippen LogP contribution in [0.15, 0.2) is 59.4 Å². The standard InChI is InChI=1S/C25H28N4O3/c30-22(17-8-2-1-3-9-17)14-7-15-23(31)26-18-10-6-11-19(16-18)27-24-20-12-4-5-13-21(20)25(32)29-28-24/h1-5,8-9,12-13,18-19H,6-7,10-11,14-16H2,(H,26,31)(H,27,28)(H,29,32). The summed E-state index contributed by atoms with van der Waals surface area (Å²) in [4.78, 5) is 36.6. The number of hydrogen-bond acceptors (Lipinski definition) is 5. The zero-order valence-electron chi connectivity index (χ0n) is 18.0. The average Bonchev–Trinajstić information content (AvgIpc) is 2.82. The van der Waals surface area contributed by atoms with E-state index in [1.165, 1.54) is 0 Å². The van der Waals surface area contributed by atoms with Crippen LogP contribution in [0.25, 0.3) is 10.8 Å². The molecule has 166 valence electrons. The molecule has 7 nitrogen and oxygen atoms in total. The summed E-state index contributed by atoms with van der Waals surface area (Å²) < 4.78 is 0. The smallest absolute Gasteiger partial charge is 0.272 e. The predicted octanol–water partition coefficient (Wildman–Crippen LogP) is 3.82. The van der Waals surface area contributed by atoms with Crippen molar-refractivity contribution in [2.45, 2.75) is 57.0 Å². The first kappa shape index (κ1) is 21.7. The Labute approximate surface area is 186 Å². The second-order valence-corrected chi connectivity index (χ2v) is 8.36. The topological polar surface area (TPSA) is 104 Å². The molecule has 32 heavy (non-hydrogen) atoms. The van der Waals surface area contributed by atoms with Crippen LogP contribution in [0.3, 0.4) is 0 Å². The van der Waals surface area contributed by atoms with Crippen molar-refractivity contribution >= 4 is 28.3 Å². The minimum absolute atomic E-state index is 0.0101. The van der Waals surface area contributed by atoms with Crippen molar-refractivity contribution in [3.63, 3.8) is 0 Å². The first-order valence-corrected chi connectivity index (χ1v) is 11.2. The van der Waals surface area contributed by atoms with E-state index in [0.717, 1.165) is 31.1 Å². The highest BCUT2D eigenvalue weighted by molar-refractivity contribution is 5.96. The molecule has 1 heterocycles. The first-order valence-electron chi connectivity index (χ1n) is 11.2. The number of nitrogens with zero attached hydrogens (tertiary/aromatic N) is 1. The van der Waals surface area contributed by atoms with Crippen LogP contribution in [-0.4, -0.2) is 34.0 Å². The van der Waals surface area contributed by atoms with Crippen molar-refractivity contribution in [2.24, 2.45) is 0 Å². The Balaban J connectivity index is 1.27. The number of Topliss-reactive ketones (excluding diaryl/α,β-unsaturated/α-hetero) is 1. The number of nitrogens with one attached hydrogen (secondary N) is 3. The number of rotatable bonds is 8. The Hall–Kier alpha value is -3.48. The number of anilines is 1. The number of benzene rings is 2. The Morgan fingerprint density at radius 3 is 2.47 bits per heavy atom. The van der Waals surface area contributed by atoms with Gasteiger partial charge >= 0.3 is 0 Å². The number of carbonyl (C=O) groups is 2. The Kier molecular flexibility index (Phi) is 6.94. The summed E-state index contributed by atoms with van der Waals surface area (Å²) in [5.41, 5.74) is 0.489. The third-order valence-electron chi connectivity index (χ3n) is 5.98. The molecule has 1 amide bonds. The molecule has 1 aliphatic rings. The van der Waals surface area contributed by atoms with E-state index in [-0.39, 0.29) is 29.3 Å². The van der Waals surface area contributed by atoms with Gasteiger partial charge in [-0.05, 0) is 38.2 Å². The Morgan fingerprint density at radius 2 is 1.66 bits per heavy atom. The Morgan fingerprint density at radius 1 is 0.938 bits per heavy atom. The monoisotopic (exact) mass is 432 g/mol. The number of amides is 1. The van der Waals surface area contributed by atoms with Crippen molar-refractivity contribution in [3.05, 3.63) is 70.5 Å². The number of ketones is 1.